The minimum Gasteiger partial charge on any atom is -0.372 e. The van der Waals surface area contributed by atoms with Gasteiger partial charge in [-0.3, -0.25) is 10.1 Å². The molecule has 1 amide bonds. The molecule has 1 aromatic heterocycles. The molecule has 5 heteroatoms. The monoisotopic (exact) mass is 405 g/mol. The minimum absolute atomic E-state index is 0.0171. The van der Waals surface area contributed by atoms with Crippen LogP contribution in [0.5, 0.6) is 0 Å². The molecule has 0 saturated carbocycles. The number of nitrogens with one attached hydrogen (secondary N) is 2. The largest absolute Gasteiger partial charge is 0.372 e. The Morgan fingerprint density at radius 2 is 1.69 bits per heavy atom. The van der Waals surface area contributed by atoms with Gasteiger partial charge in [0.2, 0.25) is 5.91 Å². The summed E-state index contributed by atoms with van der Waals surface area (Å²) in [5.74, 6) is -0.0341. The van der Waals surface area contributed by atoms with E-state index in [4.69, 9.17) is 0 Å². The lowest BCUT2D eigenvalue weighted by Gasteiger charge is -2.28. The maximum Gasteiger partial charge on any atom is 0.238 e. The molecule has 1 atom stereocenters. The Labute approximate surface area is 176 Å². The van der Waals surface area contributed by atoms with Crippen molar-refractivity contribution < 1.29 is 4.79 Å². The summed E-state index contributed by atoms with van der Waals surface area (Å²) >= 11 is 1.70. The van der Waals surface area contributed by atoms with Gasteiger partial charge in [-0.05, 0) is 60.5 Å². The van der Waals surface area contributed by atoms with E-state index in [1.54, 1.807) is 11.3 Å². The Morgan fingerprint density at radius 3 is 2.38 bits per heavy atom. The van der Waals surface area contributed by atoms with Crippen molar-refractivity contribution in [2.45, 2.75) is 25.3 Å². The van der Waals surface area contributed by atoms with Gasteiger partial charge in [-0.15, -0.1) is 11.3 Å². The molecule has 150 valence electrons. The Bertz CT molecular complexity index is 888. The summed E-state index contributed by atoms with van der Waals surface area (Å²) in [7, 11) is 0. The quantitative estimate of drug-likeness (QED) is 0.578. The molecule has 1 aliphatic heterocycles. The topological polar surface area (TPSA) is 44.4 Å². The zero-order chi connectivity index (χ0) is 19.9. The molecule has 2 N–H and O–H groups in total. The lowest BCUT2D eigenvalue weighted by molar-refractivity contribution is -0.115. The number of benzene rings is 2. The van der Waals surface area contributed by atoms with E-state index in [1.807, 2.05) is 36.4 Å². The third-order valence-corrected chi connectivity index (χ3v) is 6.24. The van der Waals surface area contributed by atoms with Crippen molar-refractivity contribution in [2.24, 2.45) is 0 Å². The molecule has 1 fully saturated rings. The van der Waals surface area contributed by atoms with Gasteiger partial charge in [0, 0.05) is 29.3 Å². The minimum atomic E-state index is -0.0341. The maximum absolute atomic E-state index is 12.5. The third kappa shape index (κ3) is 5.25. The van der Waals surface area contributed by atoms with Gasteiger partial charge in [-0.25, -0.2) is 0 Å². The van der Waals surface area contributed by atoms with Crippen molar-refractivity contribution in [2.75, 3.05) is 29.9 Å². The van der Waals surface area contributed by atoms with E-state index in [-0.39, 0.29) is 18.5 Å². The normalized spacial score (nSPS) is 15.1. The molecule has 1 saturated heterocycles. The van der Waals surface area contributed by atoms with Crippen molar-refractivity contribution in [3.05, 3.63) is 82.6 Å². The summed E-state index contributed by atoms with van der Waals surface area (Å²) in [4.78, 5) is 16.1. The number of carbonyl (C=O) groups is 1. The first kappa shape index (κ1) is 19.7. The molecule has 3 aromatic rings. The van der Waals surface area contributed by atoms with Crippen molar-refractivity contribution in [3.63, 3.8) is 0 Å². The van der Waals surface area contributed by atoms with Crippen LogP contribution in [0.15, 0.2) is 72.1 Å². The number of nitrogens with zero attached hydrogens (tertiary/aromatic N) is 1. The number of thiophene rings is 1. The fourth-order valence-electron chi connectivity index (χ4n) is 3.79. The van der Waals surface area contributed by atoms with Gasteiger partial charge >= 0.3 is 0 Å². The van der Waals surface area contributed by atoms with E-state index in [2.05, 4.69) is 51.2 Å². The summed E-state index contributed by atoms with van der Waals surface area (Å²) in [6.07, 6.45) is 3.85. The fourth-order valence-corrected chi connectivity index (χ4v) is 4.62. The Morgan fingerprint density at radius 1 is 0.931 bits per heavy atom. The summed E-state index contributed by atoms with van der Waals surface area (Å²) in [6.45, 7) is 2.50. The molecular weight excluding hydrogens is 378 g/mol. The maximum atomic E-state index is 12.5. The molecule has 29 heavy (non-hydrogen) atoms. The summed E-state index contributed by atoms with van der Waals surface area (Å²) in [5, 5.41) is 8.49. The van der Waals surface area contributed by atoms with Crippen LogP contribution in [0.4, 0.5) is 11.4 Å². The number of hydrogen-bond acceptors (Lipinski definition) is 4. The Kier molecular flexibility index (Phi) is 6.60. The van der Waals surface area contributed by atoms with Crippen LogP contribution in [0.25, 0.3) is 0 Å². The lowest BCUT2D eigenvalue weighted by Crippen LogP contribution is -2.31. The SMILES string of the molecule is O=C(CNC(c1ccccc1)c1cccs1)Nc1ccc(N2CCCCC2)cc1. The van der Waals surface area contributed by atoms with Gasteiger partial charge in [0.05, 0.1) is 12.6 Å². The molecule has 1 aliphatic rings. The smallest absolute Gasteiger partial charge is 0.238 e. The van der Waals surface area contributed by atoms with Crippen LogP contribution in [-0.2, 0) is 4.79 Å². The van der Waals surface area contributed by atoms with Gasteiger partial charge in [-0.2, -0.15) is 0 Å². The zero-order valence-electron chi connectivity index (χ0n) is 16.5. The molecule has 1 unspecified atom stereocenters. The number of amides is 1. The number of anilines is 2. The highest BCUT2D eigenvalue weighted by molar-refractivity contribution is 7.10. The van der Waals surface area contributed by atoms with Crippen molar-refractivity contribution >= 4 is 28.6 Å². The Hall–Kier alpha value is -2.63. The first-order chi connectivity index (χ1) is 14.3. The molecule has 2 aromatic carbocycles. The van der Waals surface area contributed by atoms with Crippen LogP contribution in [0.2, 0.25) is 0 Å². The van der Waals surface area contributed by atoms with Crippen LogP contribution in [-0.4, -0.2) is 25.5 Å². The van der Waals surface area contributed by atoms with Gasteiger partial charge in [0.25, 0.3) is 0 Å². The second-order valence-corrected chi connectivity index (χ2v) is 8.36. The molecule has 0 spiro atoms. The average Bonchev–Trinajstić information content (AvgIpc) is 3.30. The molecule has 0 bridgehead atoms. The van der Waals surface area contributed by atoms with E-state index in [0.29, 0.717) is 0 Å². The number of carbonyl (C=O) groups excluding carboxylic acids is 1. The molecule has 0 radical (unpaired) electrons. The first-order valence-corrected chi connectivity index (χ1v) is 11.1. The second-order valence-electron chi connectivity index (χ2n) is 7.38. The van der Waals surface area contributed by atoms with Crippen LogP contribution in [0, 0.1) is 0 Å². The molecular formula is C24H27N3OS. The van der Waals surface area contributed by atoms with Crippen LogP contribution in [0.1, 0.15) is 35.7 Å². The molecule has 2 heterocycles. The highest BCUT2D eigenvalue weighted by Gasteiger charge is 2.16. The van der Waals surface area contributed by atoms with Gasteiger partial charge in [-0.1, -0.05) is 36.4 Å². The van der Waals surface area contributed by atoms with E-state index < -0.39 is 0 Å². The zero-order valence-corrected chi connectivity index (χ0v) is 17.3. The van der Waals surface area contributed by atoms with E-state index >= 15 is 0 Å². The predicted octanol–water partition coefficient (Wildman–Crippen LogP) is 5.06. The van der Waals surface area contributed by atoms with Crippen molar-refractivity contribution in [1.82, 2.24) is 5.32 Å². The number of piperidine rings is 1. The van der Waals surface area contributed by atoms with Crippen LogP contribution < -0.4 is 15.5 Å². The van der Waals surface area contributed by atoms with E-state index in [9.17, 15) is 4.79 Å². The standard InChI is InChI=1S/C24H27N3OS/c28-23(26-20-11-13-21(14-12-20)27-15-5-2-6-16-27)18-25-24(22-10-7-17-29-22)19-8-3-1-4-9-19/h1,3-4,7-14,17,24-25H,2,5-6,15-16,18H2,(H,26,28). The third-order valence-electron chi connectivity index (χ3n) is 5.30. The first-order valence-electron chi connectivity index (χ1n) is 10.3. The van der Waals surface area contributed by atoms with Gasteiger partial charge < -0.3 is 10.2 Å². The summed E-state index contributed by atoms with van der Waals surface area (Å²) in [5.41, 5.74) is 3.24. The predicted molar refractivity (Wildman–Crippen MR) is 122 cm³/mol. The lowest BCUT2D eigenvalue weighted by atomic mass is 10.1. The van der Waals surface area contributed by atoms with Crippen molar-refractivity contribution in [1.29, 1.82) is 0 Å². The number of rotatable bonds is 7. The second kappa shape index (κ2) is 9.72. The van der Waals surface area contributed by atoms with Crippen molar-refractivity contribution in [3.8, 4) is 0 Å². The highest BCUT2D eigenvalue weighted by atomic mass is 32.1. The molecule has 4 nitrogen and oxygen atoms in total. The Balaban J connectivity index is 1.35. The summed E-state index contributed by atoms with van der Waals surface area (Å²) < 4.78 is 0. The van der Waals surface area contributed by atoms with E-state index in [1.165, 1.54) is 29.8 Å². The van der Waals surface area contributed by atoms with Crippen LogP contribution in [0.3, 0.4) is 0 Å². The molecule has 4 rings (SSSR count). The van der Waals surface area contributed by atoms with Crippen LogP contribution >= 0.6 is 11.3 Å². The fraction of sp³-hybridized carbons (Fsp3) is 0.292. The summed E-state index contributed by atoms with van der Waals surface area (Å²) in [6, 6.07) is 22.6. The van der Waals surface area contributed by atoms with Gasteiger partial charge in [0.1, 0.15) is 0 Å². The van der Waals surface area contributed by atoms with E-state index in [0.717, 1.165) is 24.3 Å². The van der Waals surface area contributed by atoms with Gasteiger partial charge in [0.15, 0.2) is 0 Å². The highest BCUT2D eigenvalue weighted by Crippen LogP contribution is 2.26. The average molecular weight is 406 g/mol. The number of hydrogen-bond donors (Lipinski definition) is 2. The molecule has 0 aliphatic carbocycles.